The van der Waals surface area contributed by atoms with Gasteiger partial charge in [-0.05, 0) is 64.4 Å². The highest BCUT2D eigenvalue weighted by Crippen LogP contribution is 2.13. The first-order valence-corrected chi connectivity index (χ1v) is 11.2. The van der Waals surface area contributed by atoms with E-state index in [-0.39, 0.29) is 24.1 Å². The minimum Gasteiger partial charge on any atom is -0.351 e. The SMILES string of the molecule is C=CCCCCNC(=O)C(NC(=O)[C@H](CCCC=C)CN(C=O)OCCCC)=C(C)C. The molecule has 0 aromatic rings. The van der Waals surface area contributed by atoms with Gasteiger partial charge < -0.3 is 10.6 Å². The summed E-state index contributed by atoms with van der Waals surface area (Å²) in [5.41, 5.74) is 0.972. The molecule has 1 atom stereocenters. The lowest BCUT2D eigenvalue weighted by Crippen LogP contribution is -2.42. The van der Waals surface area contributed by atoms with Crippen LogP contribution in [0.25, 0.3) is 0 Å². The molecule has 0 rings (SSSR count). The van der Waals surface area contributed by atoms with E-state index in [0.29, 0.717) is 31.6 Å². The van der Waals surface area contributed by atoms with E-state index >= 15 is 0 Å². The molecule has 31 heavy (non-hydrogen) atoms. The van der Waals surface area contributed by atoms with E-state index in [1.807, 2.05) is 13.0 Å². The Balaban J connectivity index is 5.08. The summed E-state index contributed by atoms with van der Waals surface area (Å²) in [6.45, 7) is 14.1. The van der Waals surface area contributed by atoms with Crippen molar-refractivity contribution in [3.05, 3.63) is 36.6 Å². The van der Waals surface area contributed by atoms with Crippen LogP contribution in [0.5, 0.6) is 0 Å². The van der Waals surface area contributed by atoms with Crippen LogP contribution in [0.15, 0.2) is 36.6 Å². The fraction of sp³-hybridized carbons (Fsp3) is 0.625. The van der Waals surface area contributed by atoms with E-state index in [2.05, 4.69) is 23.8 Å². The van der Waals surface area contributed by atoms with Crippen LogP contribution >= 0.6 is 0 Å². The van der Waals surface area contributed by atoms with Crippen LogP contribution in [-0.2, 0) is 19.2 Å². The van der Waals surface area contributed by atoms with Gasteiger partial charge in [-0.1, -0.05) is 25.5 Å². The fourth-order valence-corrected chi connectivity index (χ4v) is 2.82. The zero-order valence-electron chi connectivity index (χ0n) is 19.6. The Bertz CT molecular complexity index is 598. The van der Waals surface area contributed by atoms with Crippen molar-refractivity contribution >= 4 is 18.2 Å². The van der Waals surface area contributed by atoms with E-state index in [0.717, 1.165) is 44.9 Å². The second kappa shape index (κ2) is 18.4. The molecule has 0 aliphatic heterocycles. The van der Waals surface area contributed by atoms with Crippen molar-refractivity contribution in [2.75, 3.05) is 19.7 Å². The maximum absolute atomic E-state index is 13.0. The summed E-state index contributed by atoms with van der Waals surface area (Å²) in [6.07, 6.45) is 10.8. The minimum atomic E-state index is -0.499. The normalized spacial score (nSPS) is 11.2. The number of hydroxylamine groups is 2. The Morgan fingerprint density at radius 1 is 1.06 bits per heavy atom. The second-order valence-corrected chi connectivity index (χ2v) is 7.71. The first-order valence-electron chi connectivity index (χ1n) is 11.2. The lowest BCUT2D eigenvalue weighted by atomic mass is 10.00. The number of nitrogens with zero attached hydrogens (tertiary/aromatic N) is 1. The van der Waals surface area contributed by atoms with Crippen LogP contribution in [0.2, 0.25) is 0 Å². The number of allylic oxidation sites excluding steroid dienone is 3. The van der Waals surface area contributed by atoms with Crippen molar-refractivity contribution in [3.8, 4) is 0 Å². The Hall–Kier alpha value is -2.41. The smallest absolute Gasteiger partial charge is 0.267 e. The first kappa shape index (κ1) is 28.6. The summed E-state index contributed by atoms with van der Waals surface area (Å²) in [7, 11) is 0. The molecule has 0 aromatic carbocycles. The molecule has 0 bridgehead atoms. The van der Waals surface area contributed by atoms with Crippen molar-refractivity contribution < 1.29 is 19.2 Å². The van der Waals surface area contributed by atoms with Crippen molar-refractivity contribution in [2.24, 2.45) is 5.92 Å². The number of carbonyl (C=O) groups is 3. The molecule has 0 aliphatic rings. The van der Waals surface area contributed by atoms with Gasteiger partial charge in [-0.3, -0.25) is 19.2 Å². The molecule has 3 amide bonds. The number of amides is 3. The number of carbonyl (C=O) groups excluding carboxylic acids is 3. The Morgan fingerprint density at radius 3 is 2.32 bits per heavy atom. The molecule has 0 heterocycles. The lowest BCUT2D eigenvalue weighted by Gasteiger charge is -2.24. The molecular formula is C24H41N3O4. The predicted octanol–water partition coefficient (Wildman–Crippen LogP) is 4.03. The average Bonchev–Trinajstić information content (AvgIpc) is 2.75. The molecule has 0 spiro atoms. The van der Waals surface area contributed by atoms with Gasteiger partial charge >= 0.3 is 0 Å². The third kappa shape index (κ3) is 13.5. The maximum atomic E-state index is 13.0. The maximum Gasteiger partial charge on any atom is 0.267 e. The molecule has 7 nitrogen and oxygen atoms in total. The van der Waals surface area contributed by atoms with Crippen LogP contribution < -0.4 is 10.6 Å². The molecule has 0 saturated carbocycles. The number of nitrogens with one attached hydrogen (secondary N) is 2. The monoisotopic (exact) mass is 435 g/mol. The number of hydrogen-bond acceptors (Lipinski definition) is 4. The van der Waals surface area contributed by atoms with Crippen LogP contribution in [-0.4, -0.2) is 43.0 Å². The van der Waals surface area contributed by atoms with Crippen molar-refractivity contribution in [3.63, 3.8) is 0 Å². The molecule has 0 fully saturated rings. The molecule has 176 valence electrons. The predicted molar refractivity (Wildman–Crippen MR) is 125 cm³/mol. The lowest BCUT2D eigenvalue weighted by molar-refractivity contribution is -0.177. The van der Waals surface area contributed by atoms with E-state index in [1.54, 1.807) is 19.9 Å². The van der Waals surface area contributed by atoms with Gasteiger partial charge in [-0.25, -0.2) is 5.06 Å². The second-order valence-electron chi connectivity index (χ2n) is 7.71. The fourth-order valence-electron chi connectivity index (χ4n) is 2.82. The van der Waals surface area contributed by atoms with Gasteiger partial charge in [-0.2, -0.15) is 0 Å². The first-order chi connectivity index (χ1) is 14.9. The molecule has 0 aliphatic carbocycles. The molecule has 7 heteroatoms. The summed E-state index contributed by atoms with van der Waals surface area (Å²) < 4.78 is 0. The minimum absolute atomic E-state index is 0.134. The molecule has 0 aromatic heterocycles. The van der Waals surface area contributed by atoms with Gasteiger partial charge in [0.2, 0.25) is 12.3 Å². The van der Waals surface area contributed by atoms with Crippen LogP contribution in [0, 0.1) is 5.92 Å². The quantitative estimate of drug-likeness (QED) is 0.105. The summed E-state index contributed by atoms with van der Waals surface area (Å²) in [6, 6.07) is 0. The van der Waals surface area contributed by atoms with Gasteiger partial charge in [0.15, 0.2) is 0 Å². The number of unbranched alkanes of at least 4 members (excludes halogenated alkanes) is 4. The van der Waals surface area contributed by atoms with Crippen LogP contribution in [0.3, 0.4) is 0 Å². The average molecular weight is 436 g/mol. The largest absolute Gasteiger partial charge is 0.351 e. The van der Waals surface area contributed by atoms with E-state index in [4.69, 9.17) is 4.84 Å². The molecular weight excluding hydrogens is 394 g/mol. The van der Waals surface area contributed by atoms with Gasteiger partial charge in [0.1, 0.15) is 5.70 Å². The van der Waals surface area contributed by atoms with Gasteiger partial charge in [0.05, 0.1) is 19.1 Å². The highest BCUT2D eigenvalue weighted by molar-refractivity contribution is 5.98. The van der Waals surface area contributed by atoms with E-state index in [1.165, 1.54) is 5.06 Å². The van der Waals surface area contributed by atoms with Crippen LogP contribution in [0.1, 0.15) is 72.1 Å². The van der Waals surface area contributed by atoms with Crippen LogP contribution in [0.4, 0.5) is 0 Å². The van der Waals surface area contributed by atoms with Gasteiger partial charge in [0.25, 0.3) is 5.91 Å². The topological polar surface area (TPSA) is 87.7 Å². The molecule has 0 saturated heterocycles. The van der Waals surface area contributed by atoms with E-state index < -0.39 is 5.92 Å². The van der Waals surface area contributed by atoms with Gasteiger partial charge in [-0.15, -0.1) is 13.2 Å². The molecule has 0 radical (unpaired) electrons. The van der Waals surface area contributed by atoms with Crippen molar-refractivity contribution in [1.82, 2.24) is 15.7 Å². The summed E-state index contributed by atoms with van der Waals surface area (Å²) in [4.78, 5) is 42.4. The van der Waals surface area contributed by atoms with Gasteiger partial charge in [0, 0.05) is 6.54 Å². The Morgan fingerprint density at radius 2 is 1.74 bits per heavy atom. The third-order valence-electron chi connectivity index (χ3n) is 4.70. The third-order valence-corrected chi connectivity index (χ3v) is 4.70. The standard InChI is InChI=1S/C24H41N3O4/c1-6-9-12-14-16-25-24(30)22(20(4)5)26-23(29)21(15-13-10-7-2)18-27(19-28)31-17-11-8-3/h6-7,19,21H,1-2,8-18H2,3-5H3,(H,25,30)(H,26,29)/t21-/m1/s1. The Labute approximate surface area is 187 Å². The summed E-state index contributed by atoms with van der Waals surface area (Å²) >= 11 is 0. The summed E-state index contributed by atoms with van der Waals surface area (Å²) in [5, 5.41) is 6.81. The zero-order valence-corrected chi connectivity index (χ0v) is 19.6. The number of hydrogen-bond donors (Lipinski definition) is 2. The Kier molecular flexibility index (Phi) is 16.9. The summed E-state index contributed by atoms with van der Waals surface area (Å²) in [5.74, 6) is -1.10. The van der Waals surface area contributed by atoms with E-state index in [9.17, 15) is 14.4 Å². The highest BCUT2D eigenvalue weighted by Gasteiger charge is 2.24. The number of rotatable bonds is 19. The molecule has 2 N–H and O–H groups in total. The van der Waals surface area contributed by atoms with Crippen molar-refractivity contribution in [2.45, 2.75) is 72.1 Å². The molecule has 0 unspecified atom stereocenters. The van der Waals surface area contributed by atoms with Crippen molar-refractivity contribution in [1.29, 1.82) is 0 Å². The highest BCUT2D eigenvalue weighted by atomic mass is 16.7. The zero-order chi connectivity index (χ0) is 23.5.